The van der Waals surface area contributed by atoms with Gasteiger partial charge in [-0.05, 0) is 25.2 Å². The van der Waals surface area contributed by atoms with Gasteiger partial charge in [-0.25, -0.2) is 9.78 Å². The Labute approximate surface area is 137 Å². The van der Waals surface area contributed by atoms with Crippen LogP contribution in [0.25, 0.3) is 0 Å². The fraction of sp³-hybridized carbons (Fsp3) is 0.467. The monoisotopic (exact) mass is 334 g/mol. The lowest BCUT2D eigenvalue weighted by molar-refractivity contribution is 0.0593. The molecule has 2 aromatic heterocycles. The van der Waals surface area contributed by atoms with Gasteiger partial charge in [-0.2, -0.15) is 5.10 Å². The highest BCUT2D eigenvalue weighted by Crippen LogP contribution is 2.31. The third-order valence-electron chi connectivity index (χ3n) is 3.80. The van der Waals surface area contributed by atoms with Crippen molar-refractivity contribution in [3.63, 3.8) is 0 Å². The lowest BCUT2D eigenvalue weighted by Crippen LogP contribution is -2.14. The van der Waals surface area contributed by atoms with Crippen molar-refractivity contribution in [2.45, 2.75) is 39.0 Å². The van der Waals surface area contributed by atoms with Crippen molar-refractivity contribution >= 4 is 28.3 Å². The van der Waals surface area contributed by atoms with Gasteiger partial charge >= 0.3 is 5.97 Å². The molecule has 1 aliphatic carbocycles. The number of nitrogens with zero attached hydrogens (tertiary/aromatic N) is 2. The van der Waals surface area contributed by atoms with Crippen molar-refractivity contribution in [1.82, 2.24) is 15.2 Å². The minimum Gasteiger partial charge on any atom is -0.464 e. The SMILES string of the molecule is COC(=O)c1nc(NC(=O)c2n[nH]c3c2CCC3)sc1C(C)C. The topological polar surface area (TPSA) is 97.0 Å². The van der Waals surface area contributed by atoms with Gasteiger partial charge < -0.3 is 4.74 Å². The van der Waals surface area contributed by atoms with Gasteiger partial charge in [0.25, 0.3) is 5.91 Å². The van der Waals surface area contributed by atoms with E-state index in [-0.39, 0.29) is 17.5 Å². The molecule has 1 aliphatic rings. The van der Waals surface area contributed by atoms with Crippen LogP contribution in [0.5, 0.6) is 0 Å². The lowest BCUT2D eigenvalue weighted by Gasteiger charge is -2.02. The maximum atomic E-state index is 12.4. The molecule has 0 unspecified atom stereocenters. The summed E-state index contributed by atoms with van der Waals surface area (Å²) in [6.45, 7) is 3.93. The summed E-state index contributed by atoms with van der Waals surface area (Å²) in [5.41, 5.74) is 2.69. The number of rotatable bonds is 4. The molecule has 0 saturated heterocycles. The van der Waals surface area contributed by atoms with E-state index in [0.717, 1.165) is 35.4 Å². The van der Waals surface area contributed by atoms with E-state index in [1.165, 1.54) is 18.4 Å². The second kappa shape index (κ2) is 6.11. The molecule has 0 aliphatic heterocycles. The van der Waals surface area contributed by atoms with E-state index in [2.05, 4.69) is 20.5 Å². The molecule has 8 heteroatoms. The van der Waals surface area contributed by atoms with Crippen molar-refractivity contribution in [2.24, 2.45) is 0 Å². The molecular weight excluding hydrogens is 316 g/mol. The summed E-state index contributed by atoms with van der Waals surface area (Å²) in [6, 6.07) is 0. The summed E-state index contributed by atoms with van der Waals surface area (Å²) in [6.07, 6.45) is 2.82. The maximum Gasteiger partial charge on any atom is 0.357 e. The van der Waals surface area contributed by atoms with Gasteiger partial charge in [-0.1, -0.05) is 13.8 Å². The number of methoxy groups -OCH3 is 1. The van der Waals surface area contributed by atoms with E-state index in [9.17, 15) is 9.59 Å². The average Bonchev–Trinajstić information content (AvgIpc) is 3.20. The Kier molecular flexibility index (Phi) is 4.16. The van der Waals surface area contributed by atoms with Crippen LogP contribution < -0.4 is 5.32 Å². The second-order valence-corrected chi connectivity index (χ2v) is 6.75. The molecule has 2 N–H and O–H groups in total. The number of carbonyl (C=O) groups is 2. The predicted octanol–water partition coefficient (Wildman–Crippen LogP) is 2.52. The number of anilines is 1. The first kappa shape index (κ1) is 15.7. The summed E-state index contributed by atoms with van der Waals surface area (Å²) in [7, 11) is 1.32. The number of hydrogen-bond donors (Lipinski definition) is 2. The zero-order chi connectivity index (χ0) is 16.6. The van der Waals surface area contributed by atoms with Crippen LogP contribution in [0.1, 0.15) is 63.3 Å². The molecule has 2 aromatic rings. The normalized spacial score (nSPS) is 13.2. The average molecular weight is 334 g/mol. The van der Waals surface area contributed by atoms with Gasteiger partial charge in [-0.3, -0.25) is 15.2 Å². The summed E-state index contributed by atoms with van der Waals surface area (Å²) < 4.78 is 4.75. The number of hydrogen-bond acceptors (Lipinski definition) is 6. The van der Waals surface area contributed by atoms with Gasteiger partial charge in [0.2, 0.25) is 0 Å². The first-order chi connectivity index (χ1) is 11.0. The molecule has 0 spiro atoms. The largest absolute Gasteiger partial charge is 0.464 e. The smallest absolute Gasteiger partial charge is 0.357 e. The van der Waals surface area contributed by atoms with Crippen LogP contribution in [-0.4, -0.2) is 34.2 Å². The first-order valence-electron chi connectivity index (χ1n) is 7.47. The van der Waals surface area contributed by atoms with Gasteiger partial charge in [0.05, 0.1) is 7.11 Å². The Morgan fingerprint density at radius 2 is 2.09 bits per heavy atom. The van der Waals surface area contributed by atoms with E-state index in [1.807, 2.05) is 13.8 Å². The molecule has 122 valence electrons. The van der Waals surface area contributed by atoms with E-state index in [4.69, 9.17) is 4.74 Å². The number of fused-ring (bicyclic) bond motifs is 1. The van der Waals surface area contributed by atoms with Gasteiger partial charge in [0.1, 0.15) is 0 Å². The van der Waals surface area contributed by atoms with Crippen LogP contribution in [0.2, 0.25) is 0 Å². The van der Waals surface area contributed by atoms with Crippen LogP contribution >= 0.6 is 11.3 Å². The highest BCUT2D eigenvalue weighted by molar-refractivity contribution is 7.16. The standard InChI is InChI=1S/C15H18N4O3S/c1-7(2)12-11(14(21)22-3)16-15(23-12)17-13(20)10-8-5-4-6-9(8)18-19-10/h7H,4-6H2,1-3H3,(H,18,19)(H,16,17,20). The predicted molar refractivity (Wildman–Crippen MR) is 86.1 cm³/mol. The zero-order valence-corrected chi connectivity index (χ0v) is 14.0. The zero-order valence-electron chi connectivity index (χ0n) is 13.2. The molecule has 0 atom stereocenters. The van der Waals surface area contributed by atoms with Gasteiger partial charge in [-0.15, -0.1) is 11.3 Å². The number of amides is 1. The molecule has 7 nitrogen and oxygen atoms in total. The van der Waals surface area contributed by atoms with E-state index < -0.39 is 5.97 Å². The molecule has 3 rings (SSSR count). The number of nitrogens with one attached hydrogen (secondary N) is 2. The number of aromatic amines is 1. The van der Waals surface area contributed by atoms with Crippen LogP contribution in [-0.2, 0) is 17.6 Å². The number of thiazole rings is 1. The molecule has 1 amide bonds. The van der Waals surface area contributed by atoms with Crippen LogP contribution in [0.4, 0.5) is 5.13 Å². The van der Waals surface area contributed by atoms with Gasteiger partial charge in [0.15, 0.2) is 16.5 Å². The number of ether oxygens (including phenoxy) is 1. The van der Waals surface area contributed by atoms with E-state index in [1.54, 1.807) is 0 Å². The molecule has 0 fully saturated rings. The number of aromatic nitrogens is 3. The Bertz CT molecular complexity index is 763. The molecule has 0 aromatic carbocycles. The second-order valence-electron chi connectivity index (χ2n) is 5.72. The number of esters is 1. The maximum absolute atomic E-state index is 12.4. The van der Waals surface area contributed by atoms with E-state index >= 15 is 0 Å². The quantitative estimate of drug-likeness (QED) is 0.837. The van der Waals surface area contributed by atoms with E-state index in [0.29, 0.717) is 10.8 Å². The summed E-state index contributed by atoms with van der Waals surface area (Å²) >= 11 is 1.29. The molecule has 2 heterocycles. The fourth-order valence-electron chi connectivity index (χ4n) is 2.68. The minimum absolute atomic E-state index is 0.113. The third kappa shape index (κ3) is 2.86. The molecular formula is C15H18N4O3S. The molecule has 23 heavy (non-hydrogen) atoms. The Hall–Kier alpha value is -2.22. The summed E-state index contributed by atoms with van der Waals surface area (Å²) in [4.78, 5) is 29.2. The van der Waals surface area contributed by atoms with Crippen molar-refractivity contribution in [3.05, 3.63) is 27.5 Å². The molecule has 0 saturated carbocycles. The minimum atomic E-state index is -0.494. The number of carbonyl (C=O) groups excluding carboxylic acids is 2. The Morgan fingerprint density at radius 3 is 2.78 bits per heavy atom. The van der Waals surface area contributed by atoms with Crippen LogP contribution in [0.15, 0.2) is 0 Å². The van der Waals surface area contributed by atoms with Crippen molar-refractivity contribution in [2.75, 3.05) is 12.4 Å². The van der Waals surface area contributed by atoms with Crippen molar-refractivity contribution < 1.29 is 14.3 Å². The van der Waals surface area contributed by atoms with Gasteiger partial charge in [0, 0.05) is 16.1 Å². The van der Waals surface area contributed by atoms with Crippen LogP contribution in [0, 0.1) is 0 Å². The fourth-order valence-corrected chi connectivity index (χ4v) is 3.63. The summed E-state index contributed by atoms with van der Waals surface area (Å²) in [5, 5.41) is 10.1. The third-order valence-corrected chi connectivity index (χ3v) is 5.07. The van der Waals surface area contributed by atoms with Crippen molar-refractivity contribution in [3.8, 4) is 0 Å². The first-order valence-corrected chi connectivity index (χ1v) is 8.29. The Balaban J connectivity index is 1.85. The number of H-pyrrole nitrogens is 1. The van der Waals surface area contributed by atoms with Crippen LogP contribution in [0.3, 0.4) is 0 Å². The molecule has 0 bridgehead atoms. The highest BCUT2D eigenvalue weighted by Gasteiger charge is 2.25. The lowest BCUT2D eigenvalue weighted by atomic mass is 10.1. The summed E-state index contributed by atoms with van der Waals surface area (Å²) in [5.74, 6) is -0.683. The number of aryl methyl sites for hydroxylation is 1. The molecule has 0 radical (unpaired) electrons. The Morgan fingerprint density at radius 1 is 1.30 bits per heavy atom. The van der Waals surface area contributed by atoms with Crippen molar-refractivity contribution in [1.29, 1.82) is 0 Å². The highest BCUT2D eigenvalue weighted by atomic mass is 32.1.